The summed E-state index contributed by atoms with van der Waals surface area (Å²) < 4.78 is 0. The van der Waals surface area contributed by atoms with E-state index in [9.17, 15) is 4.79 Å². The van der Waals surface area contributed by atoms with Crippen molar-refractivity contribution >= 4 is 5.91 Å². The summed E-state index contributed by atoms with van der Waals surface area (Å²) in [5.41, 5.74) is 0. The molecule has 3 fully saturated rings. The first-order valence-electron chi connectivity index (χ1n) is 10.1. The van der Waals surface area contributed by atoms with Gasteiger partial charge in [0.1, 0.15) is 0 Å². The van der Waals surface area contributed by atoms with Gasteiger partial charge >= 0.3 is 0 Å². The molecular formula is C20H35NO. The molecule has 0 unspecified atom stereocenters. The molecule has 0 aromatic heterocycles. The molecule has 0 radical (unpaired) electrons. The van der Waals surface area contributed by atoms with Crippen LogP contribution in [0, 0.1) is 11.8 Å². The number of hydrogen-bond acceptors (Lipinski definition) is 1. The van der Waals surface area contributed by atoms with E-state index < -0.39 is 0 Å². The van der Waals surface area contributed by atoms with E-state index >= 15 is 0 Å². The molecule has 0 heterocycles. The monoisotopic (exact) mass is 305 g/mol. The van der Waals surface area contributed by atoms with Crippen LogP contribution in [0.15, 0.2) is 0 Å². The van der Waals surface area contributed by atoms with E-state index in [1.807, 2.05) is 0 Å². The first kappa shape index (κ1) is 16.3. The third kappa shape index (κ3) is 3.86. The SMILES string of the molecule is CC1CCC(C(=O)N(C2CCCCC2)C2CCCCC2)CC1. The molecule has 3 rings (SSSR count). The second kappa shape index (κ2) is 7.84. The van der Waals surface area contributed by atoms with Gasteiger partial charge in [-0.05, 0) is 57.3 Å². The third-order valence-corrected chi connectivity index (χ3v) is 6.56. The minimum absolute atomic E-state index is 0.347. The number of amides is 1. The summed E-state index contributed by atoms with van der Waals surface area (Å²) >= 11 is 0. The molecule has 3 saturated carbocycles. The number of hydrogen-bond donors (Lipinski definition) is 0. The molecule has 0 atom stereocenters. The fourth-order valence-corrected chi connectivity index (χ4v) is 5.09. The maximum atomic E-state index is 13.3. The normalized spacial score (nSPS) is 31.9. The van der Waals surface area contributed by atoms with Crippen LogP contribution in [0.25, 0.3) is 0 Å². The van der Waals surface area contributed by atoms with Gasteiger partial charge in [0.15, 0.2) is 0 Å². The fourth-order valence-electron chi connectivity index (χ4n) is 5.09. The molecule has 0 N–H and O–H groups in total. The molecule has 0 saturated heterocycles. The van der Waals surface area contributed by atoms with Crippen molar-refractivity contribution in [3.63, 3.8) is 0 Å². The molecule has 2 nitrogen and oxygen atoms in total. The Morgan fingerprint density at radius 1 is 0.682 bits per heavy atom. The van der Waals surface area contributed by atoms with E-state index in [-0.39, 0.29) is 0 Å². The molecule has 126 valence electrons. The van der Waals surface area contributed by atoms with Crippen LogP contribution in [0.5, 0.6) is 0 Å². The largest absolute Gasteiger partial charge is 0.336 e. The number of carbonyl (C=O) groups is 1. The summed E-state index contributed by atoms with van der Waals surface area (Å²) in [5.74, 6) is 1.73. The van der Waals surface area contributed by atoms with Gasteiger partial charge < -0.3 is 4.90 Å². The smallest absolute Gasteiger partial charge is 0.226 e. The van der Waals surface area contributed by atoms with Crippen LogP contribution in [0.2, 0.25) is 0 Å². The number of carbonyl (C=O) groups excluding carboxylic acids is 1. The molecule has 22 heavy (non-hydrogen) atoms. The minimum atomic E-state index is 0.347. The van der Waals surface area contributed by atoms with E-state index in [1.165, 1.54) is 77.0 Å². The average molecular weight is 306 g/mol. The summed E-state index contributed by atoms with van der Waals surface area (Å²) in [5, 5.41) is 0. The van der Waals surface area contributed by atoms with Crippen molar-refractivity contribution in [2.45, 2.75) is 109 Å². The van der Waals surface area contributed by atoms with E-state index in [0.29, 0.717) is 23.9 Å². The van der Waals surface area contributed by atoms with E-state index in [4.69, 9.17) is 0 Å². The van der Waals surface area contributed by atoms with Gasteiger partial charge in [0.05, 0.1) is 0 Å². The molecule has 0 aromatic rings. The zero-order valence-electron chi connectivity index (χ0n) is 14.6. The molecule has 0 aliphatic heterocycles. The van der Waals surface area contributed by atoms with Crippen molar-refractivity contribution in [2.75, 3.05) is 0 Å². The van der Waals surface area contributed by atoms with Crippen LogP contribution in [0.4, 0.5) is 0 Å². The van der Waals surface area contributed by atoms with Crippen LogP contribution in [0.3, 0.4) is 0 Å². The Balaban J connectivity index is 1.70. The van der Waals surface area contributed by atoms with Gasteiger partial charge in [-0.2, -0.15) is 0 Å². The zero-order valence-corrected chi connectivity index (χ0v) is 14.6. The lowest BCUT2D eigenvalue weighted by atomic mass is 9.80. The van der Waals surface area contributed by atoms with Crippen molar-refractivity contribution in [1.82, 2.24) is 4.90 Å². The quantitative estimate of drug-likeness (QED) is 0.692. The highest BCUT2D eigenvalue weighted by Gasteiger charge is 2.36. The summed E-state index contributed by atoms with van der Waals surface area (Å²) in [6.45, 7) is 2.35. The Kier molecular flexibility index (Phi) is 5.82. The molecular weight excluding hydrogens is 270 g/mol. The van der Waals surface area contributed by atoms with Gasteiger partial charge in [-0.15, -0.1) is 0 Å². The van der Waals surface area contributed by atoms with Crippen molar-refractivity contribution in [3.05, 3.63) is 0 Å². The lowest BCUT2D eigenvalue weighted by Gasteiger charge is -2.44. The second-order valence-corrected chi connectivity index (χ2v) is 8.29. The van der Waals surface area contributed by atoms with Gasteiger partial charge in [-0.25, -0.2) is 0 Å². The van der Waals surface area contributed by atoms with Crippen LogP contribution >= 0.6 is 0 Å². The highest BCUT2D eigenvalue weighted by molar-refractivity contribution is 5.79. The molecule has 0 spiro atoms. The highest BCUT2D eigenvalue weighted by atomic mass is 16.2. The average Bonchev–Trinajstić information content (AvgIpc) is 2.57. The number of nitrogens with zero attached hydrogens (tertiary/aromatic N) is 1. The van der Waals surface area contributed by atoms with E-state index in [2.05, 4.69) is 11.8 Å². The Morgan fingerprint density at radius 3 is 1.59 bits per heavy atom. The fraction of sp³-hybridized carbons (Fsp3) is 0.950. The maximum Gasteiger partial charge on any atom is 0.226 e. The summed E-state index contributed by atoms with van der Waals surface area (Å²) in [7, 11) is 0. The third-order valence-electron chi connectivity index (χ3n) is 6.56. The molecule has 2 heteroatoms. The zero-order chi connectivity index (χ0) is 15.4. The highest BCUT2D eigenvalue weighted by Crippen LogP contribution is 2.35. The van der Waals surface area contributed by atoms with Crippen LogP contribution < -0.4 is 0 Å². The molecule has 1 amide bonds. The Labute approximate surface area is 137 Å². The van der Waals surface area contributed by atoms with Gasteiger partial charge in [0.25, 0.3) is 0 Å². The van der Waals surface area contributed by atoms with Crippen LogP contribution in [-0.4, -0.2) is 22.9 Å². The van der Waals surface area contributed by atoms with Crippen molar-refractivity contribution in [2.24, 2.45) is 11.8 Å². The predicted octanol–water partition coefficient (Wildman–Crippen LogP) is 5.31. The molecule has 3 aliphatic rings. The summed E-state index contributed by atoms with van der Waals surface area (Å²) in [6.07, 6.45) is 18.0. The maximum absolute atomic E-state index is 13.3. The lowest BCUT2D eigenvalue weighted by Crippen LogP contribution is -2.51. The Hall–Kier alpha value is -0.530. The topological polar surface area (TPSA) is 20.3 Å². The molecule has 3 aliphatic carbocycles. The van der Waals surface area contributed by atoms with Gasteiger partial charge in [0.2, 0.25) is 5.91 Å². The Bertz CT molecular complexity index is 329. The molecule has 0 bridgehead atoms. The predicted molar refractivity (Wildman–Crippen MR) is 91.7 cm³/mol. The minimum Gasteiger partial charge on any atom is -0.336 e. The standard InChI is InChI=1S/C20H35NO/c1-16-12-14-17(15-13-16)20(22)21(18-8-4-2-5-9-18)19-10-6-3-7-11-19/h16-19H,2-15H2,1H3. The second-order valence-electron chi connectivity index (χ2n) is 8.29. The first-order valence-corrected chi connectivity index (χ1v) is 10.1. The molecule has 0 aromatic carbocycles. The van der Waals surface area contributed by atoms with E-state index in [1.54, 1.807) is 0 Å². The first-order chi connectivity index (χ1) is 10.8. The van der Waals surface area contributed by atoms with E-state index in [0.717, 1.165) is 18.8 Å². The van der Waals surface area contributed by atoms with Crippen LogP contribution in [0.1, 0.15) is 96.8 Å². The van der Waals surface area contributed by atoms with Crippen molar-refractivity contribution in [1.29, 1.82) is 0 Å². The Morgan fingerprint density at radius 2 is 1.14 bits per heavy atom. The van der Waals surface area contributed by atoms with Gasteiger partial charge in [-0.3, -0.25) is 4.79 Å². The van der Waals surface area contributed by atoms with Gasteiger partial charge in [-0.1, -0.05) is 45.4 Å². The number of rotatable bonds is 3. The van der Waals surface area contributed by atoms with Gasteiger partial charge in [0, 0.05) is 18.0 Å². The van der Waals surface area contributed by atoms with Crippen LogP contribution in [-0.2, 0) is 4.79 Å². The van der Waals surface area contributed by atoms with Crippen molar-refractivity contribution < 1.29 is 4.79 Å². The van der Waals surface area contributed by atoms with Crippen molar-refractivity contribution in [3.8, 4) is 0 Å². The lowest BCUT2D eigenvalue weighted by molar-refractivity contribution is -0.143. The summed E-state index contributed by atoms with van der Waals surface area (Å²) in [6, 6.07) is 1.15. The summed E-state index contributed by atoms with van der Waals surface area (Å²) in [4.78, 5) is 15.8.